The standard InChI is InChI=1S/C25H25ClN4O7S/c1-15-20(14-37-25(15)32)24(31)19-13-29(21-5-3-16(26)11-18(19)21)38(35,36)17-4-6-22(23(12-17)30(33)34)28-9-7-27(2)8-10-28/h3-6,11-13,20,24,31H,1,7-10,14H2,2H3. The number of anilines is 1. The number of aliphatic hydroxyl groups excluding tert-OH is 1. The molecular weight excluding hydrogens is 536 g/mol. The molecule has 3 aromatic rings. The van der Waals surface area contributed by atoms with Gasteiger partial charge in [0.15, 0.2) is 0 Å². The van der Waals surface area contributed by atoms with Gasteiger partial charge in [-0.05, 0) is 37.4 Å². The average molecular weight is 561 g/mol. The predicted octanol–water partition coefficient (Wildman–Crippen LogP) is 2.95. The van der Waals surface area contributed by atoms with Crippen LogP contribution in [0.2, 0.25) is 5.02 Å². The molecule has 0 amide bonds. The first-order chi connectivity index (χ1) is 18.0. The van der Waals surface area contributed by atoms with E-state index in [1.807, 2.05) is 11.9 Å². The van der Waals surface area contributed by atoms with Crippen molar-refractivity contribution >= 4 is 49.9 Å². The Balaban J connectivity index is 1.60. The number of nitrogens with zero attached hydrogens (tertiary/aromatic N) is 4. The number of hydrogen-bond acceptors (Lipinski definition) is 9. The van der Waals surface area contributed by atoms with Gasteiger partial charge >= 0.3 is 5.97 Å². The van der Waals surface area contributed by atoms with E-state index < -0.39 is 32.9 Å². The third-order valence-corrected chi connectivity index (χ3v) is 9.02. The predicted molar refractivity (Wildman–Crippen MR) is 141 cm³/mol. The monoisotopic (exact) mass is 560 g/mol. The molecule has 5 rings (SSSR count). The summed E-state index contributed by atoms with van der Waals surface area (Å²) >= 11 is 6.18. The van der Waals surface area contributed by atoms with Crippen LogP contribution < -0.4 is 4.90 Å². The molecule has 11 nitrogen and oxygen atoms in total. The number of piperazine rings is 1. The number of cyclic esters (lactones) is 1. The van der Waals surface area contributed by atoms with Gasteiger partial charge in [0, 0.05) is 60.0 Å². The van der Waals surface area contributed by atoms with Crippen LogP contribution in [0, 0.1) is 16.0 Å². The maximum absolute atomic E-state index is 13.8. The number of aromatic nitrogens is 1. The zero-order chi connectivity index (χ0) is 27.4. The van der Waals surface area contributed by atoms with Gasteiger partial charge < -0.3 is 19.6 Å². The molecule has 2 unspecified atom stereocenters. The van der Waals surface area contributed by atoms with Gasteiger partial charge in [-0.1, -0.05) is 18.2 Å². The number of nitro benzene ring substituents is 1. The molecule has 200 valence electrons. The van der Waals surface area contributed by atoms with Gasteiger partial charge in [-0.3, -0.25) is 10.1 Å². The number of hydrogen-bond donors (Lipinski definition) is 1. The van der Waals surface area contributed by atoms with E-state index in [-0.39, 0.29) is 33.8 Å². The SMILES string of the molecule is C=C1C(=O)OCC1C(O)c1cn(S(=O)(=O)c2ccc(N3CCN(C)CC3)c([N+](=O)[O-])c2)c2ccc(Cl)cc12. The maximum Gasteiger partial charge on any atom is 0.333 e. The fourth-order valence-corrected chi connectivity index (χ4v) is 6.45. The highest BCUT2D eigenvalue weighted by molar-refractivity contribution is 7.90. The van der Waals surface area contributed by atoms with Crippen LogP contribution in [0.15, 0.2) is 59.6 Å². The van der Waals surface area contributed by atoms with Crippen molar-refractivity contribution in [1.29, 1.82) is 0 Å². The van der Waals surface area contributed by atoms with Crippen LogP contribution in [0.1, 0.15) is 11.7 Å². The Bertz CT molecular complexity index is 1580. The number of ether oxygens (including phenoxy) is 1. The summed E-state index contributed by atoms with van der Waals surface area (Å²) in [6.07, 6.45) is -0.0580. The average Bonchev–Trinajstić information content (AvgIpc) is 3.43. The smallest absolute Gasteiger partial charge is 0.333 e. The molecule has 2 fully saturated rings. The summed E-state index contributed by atoms with van der Waals surface area (Å²) in [6.45, 7) is 6.19. The molecule has 0 aliphatic carbocycles. The Kier molecular flexibility index (Phi) is 6.68. The Morgan fingerprint density at radius 3 is 2.53 bits per heavy atom. The van der Waals surface area contributed by atoms with Gasteiger partial charge in [-0.2, -0.15) is 0 Å². The molecular formula is C25H25ClN4O7S. The Hall–Kier alpha value is -3.45. The number of nitro groups is 1. The fourth-order valence-electron chi connectivity index (χ4n) is 4.88. The minimum atomic E-state index is -4.34. The zero-order valence-corrected chi connectivity index (χ0v) is 22.0. The molecule has 3 heterocycles. The number of benzene rings is 2. The lowest BCUT2D eigenvalue weighted by atomic mass is 9.92. The van der Waals surface area contributed by atoms with Crippen molar-refractivity contribution in [2.24, 2.45) is 5.92 Å². The number of likely N-dealkylation sites (N-methyl/N-ethyl adjacent to an activating group) is 1. The van der Waals surface area contributed by atoms with Crippen molar-refractivity contribution in [2.75, 3.05) is 44.7 Å². The molecule has 2 aliphatic heterocycles. The quantitative estimate of drug-likeness (QED) is 0.209. The second kappa shape index (κ2) is 9.70. The molecule has 0 radical (unpaired) electrons. The van der Waals surface area contributed by atoms with Gasteiger partial charge in [0.2, 0.25) is 0 Å². The summed E-state index contributed by atoms with van der Waals surface area (Å²) < 4.78 is 33.6. The van der Waals surface area contributed by atoms with Crippen LogP contribution in [0.3, 0.4) is 0 Å². The van der Waals surface area contributed by atoms with E-state index in [2.05, 4.69) is 11.5 Å². The lowest BCUT2D eigenvalue weighted by Gasteiger charge is -2.33. The van der Waals surface area contributed by atoms with E-state index in [4.69, 9.17) is 16.3 Å². The van der Waals surface area contributed by atoms with Gasteiger partial charge in [0.1, 0.15) is 12.3 Å². The molecule has 0 spiro atoms. The fraction of sp³-hybridized carbons (Fsp3) is 0.320. The highest BCUT2D eigenvalue weighted by atomic mass is 35.5. The van der Waals surface area contributed by atoms with Gasteiger partial charge in [0.25, 0.3) is 15.7 Å². The number of halogens is 1. The van der Waals surface area contributed by atoms with Crippen LogP contribution in [-0.4, -0.2) is 73.1 Å². The molecule has 13 heteroatoms. The summed E-state index contributed by atoms with van der Waals surface area (Å²) in [6, 6.07) is 8.38. The number of carbonyl (C=O) groups excluding carboxylic acids is 1. The van der Waals surface area contributed by atoms with E-state index in [1.165, 1.54) is 36.5 Å². The van der Waals surface area contributed by atoms with Crippen molar-refractivity contribution in [3.05, 3.63) is 75.4 Å². The topological polar surface area (TPSA) is 135 Å². The highest BCUT2D eigenvalue weighted by Gasteiger charge is 2.37. The van der Waals surface area contributed by atoms with E-state index in [0.29, 0.717) is 29.2 Å². The third kappa shape index (κ3) is 4.43. The van der Waals surface area contributed by atoms with E-state index in [0.717, 1.165) is 23.1 Å². The summed E-state index contributed by atoms with van der Waals surface area (Å²) in [7, 11) is -2.37. The molecule has 2 aliphatic rings. The van der Waals surface area contributed by atoms with E-state index in [9.17, 15) is 28.4 Å². The zero-order valence-electron chi connectivity index (χ0n) is 20.4. The number of esters is 1. The summed E-state index contributed by atoms with van der Waals surface area (Å²) in [5.41, 5.74) is 0.544. The van der Waals surface area contributed by atoms with Crippen molar-refractivity contribution in [3.63, 3.8) is 0 Å². The van der Waals surface area contributed by atoms with Crippen LogP contribution in [0.25, 0.3) is 10.9 Å². The molecule has 0 saturated carbocycles. The molecule has 1 N–H and O–H groups in total. The summed E-state index contributed by atoms with van der Waals surface area (Å²) in [5.74, 6) is -1.40. The number of aliphatic hydroxyl groups is 1. The third-order valence-electron chi connectivity index (χ3n) is 7.11. The molecule has 2 atom stereocenters. The van der Waals surface area contributed by atoms with Gasteiger partial charge in [-0.25, -0.2) is 17.2 Å². The van der Waals surface area contributed by atoms with E-state index >= 15 is 0 Å². The second-order valence-electron chi connectivity index (χ2n) is 9.42. The number of carbonyl (C=O) groups is 1. The van der Waals surface area contributed by atoms with Crippen molar-refractivity contribution in [3.8, 4) is 0 Å². The normalized spacial score (nSPS) is 19.7. The molecule has 38 heavy (non-hydrogen) atoms. The minimum Gasteiger partial charge on any atom is -0.462 e. The highest BCUT2D eigenvalue weighted by Crippen LogP contribution is 2.39. The molecule has 1 aromatic heterocycles. The van der Waals surface area contributed by atoms with Gasteiger partial charge in [-0.15, -0.1) is 0 Å². The largest absolute Gasteiger partial charge is 0.462 e. The van der Waals surface area contributed by atoms with Crippen LogP contribution >= 0.6 is 11.6 Å². The van der Waals surface area contributed by atoms with E-state index in [1.54, 1.807) is 0 Å². The second-order valence-corrected chi connectivity index (χ2v) is 11.7. The molecule has 0 bridgehead atoms. The molecule has 2 aromatic carbocycles. The summed E-state index contributed by atoms with van der Waals surface area (Å²) in [4.78, 5) is 26.9. The lowest BCUT2D eigenvalue weighted by Crippen LogP contribution is -2.44. The number of fused-ring (bicyclic) bond motifs is 1. The van der Waals surface area contributed by atoms with Crippen LogP contribution in [-0.2, 0) is 19.6 Å². The Morgan fingerprint density at radius 2 is 1.89 bits per heavy atom. The first kappa shape index (κ1) is 26.2. The van der Waals surface area contributed by atoms with Crippen LogP contribution in [0.5, 0.6) is 0 Å². The first-order valence-corrected chi connectivity index (χ1v) is 13.6. The Labute approximate surface area is 223 Å². The van der Waals surface area contributed by atoms with Gasteiger partial charge in [0.05, 0.1) is 27.4 Å². The number of rotatable bonds is 6. The lowest BCUT2D eigenvalue weighted by molar-refractivity contribution is -0.384. The van der Waals surface area contributed by atoms with Crippen molar-refractivity contribution in [2.45, 2.75) is 11.0 Å². The van der Waals surface area contributed by atoms with Crippen LogP contribution in [0.4, 0.5) is 11.4 Å². The van der Waals surface area contributed by atoms with Crippen molar-refractivity contribution in [1.82, 2.24) is 8.87 Å². The maximum atomic E-state index is 13.8. The molecule has 2 saturated heterocycles. The minimum absolute atomic E-state index is 0.0819. The van der Waals surface area contributed by atoms with Crippen molar-refractivity contribution < 1.29 is 28.0 Å². The Morgan fingerprint density at radius 1 is 1.18 bits per heavy atom. The first-order valence-electron chi connectivity index (χ1n) is 11.8. The summed E-state index contributed by atoms with van der Waals surface area (Å²) in [5, 5.41) is 23.7.